The maximum Gasteiger partial charge on any atom is 0.288 e. The zero-order valence-electron chi connectivity index (χ0n) is 14.5. The number of rotatable bonds is 7. The Balaban J connectivity index is 1.60. The minimum absolute atomic E-state index is 0.148. The van der Waals surface area contributed by atoms with Gasteiger partial charge < -0.3 is 10.6 Å². The zero-order valence-corrected chi connectivity index (χ0v) is 16.2. The van der Waals surface area contributed by atoms with Gasteiger partial charge in [0.25, 0.3) is 17.6 Å². The molecule has 1 aromatic heterocycles. The topological polar surface area (TPSA) is 58.2 Å². The van der Waals surface area contributed by atoms with Crippen LogP contribution in [0.5, 0.6) is 0 Å². The highest BCUT2D eigenvalue weighted by Crippen LogP contribution is 2.31. The second-order valence-electron chi connectivity index (χ2n) is 5.69. The largest absolute Gasteiger partial charge is 0.347 e. The molecule has 0 aliphatic heterocycles. The first-order valence-corrected chi connectivity index (χ1v) is 10.0. The number of amides is 2. The van der Waals surface area contributed by atoms with Crippen molar-refractivity contribution >= 4 is 40.6 Å². The molecule has 2 aromatic carbocycles. The third-order valence-electron chi connectivity index (χ3n) is 3.77. The Bertz CT molecular complexity index is 945. The van der Waals surface area contributed by atoms with Crippen LogP contribution in [-0.4, -0.2) is 17.6 Å². The average molecular weight is 418 g/mol. The lowest BCUT2D eigenvalue weighted by Gasteiger charge is -2.11. The van der Waals surface area contributed by atoms with Crippen LogP contribution < -0.4 is 10.6 Å². The van der Waals surface area contributed by atoms with E-state index in [2.05, 4.69) is 10.6 Å². The number of para-hydroxylation sites is 1. The molecule has 0 radical (unpaired) electrons. The molecule has 0 aliphatic carbocycles. The summed E-state index contributed by atoms with van der Waals surface area (Å²) in [5, 5.41) is 7.31. The van der Waals surface area contributed by atoms with E-state index in [1.165, 1.54) is 17.4 Å². The van der Waals surface area contributed by atoms with E-state index in [1.807, 2.05) is 11.4 Å². The normalized spacial score (nSPS) is 10.7. The molecule has 144 valence electrons. The molecular formula is C20H16F2N2O2S2. The molecule has 0 aliphatic rings. The predicted octanol–water partition coefficient (Wildman–Crippen LogP) is 5.25. The van der Waals surface area contributed by atoms with E-state index in [1.54, 1.807) is 48.5 Å². The van der Waals surface area contributed by atoms with Crippen LogP contribution in [0.2, 0.25) is 0 Å². The molecule has 2 amide bonds. The summed E-state index contributed by atoms with van der Waals surface area (Å²) in [5.74, 6) is -3.11. The highest BCUT2D eigenvalue weighted by atomic mass is 32.2. The Hall–Kier alpha value is -2.71. The van der Waals surface area contributed by atoms with E-state index in [9.17, 15) is 18.4 Å². The number of hydrogen-bond acceptors (Lipinski definition) is 4. The first kappa shape index (κ1) is 20.0. The Morgan fingerprint density at radius 2 is 1.71 bits per heavy atom. The number of thioether (sulfide) groups is 1. The third-order valence-corrected chi connectivity index (χ3v) is 5.42. The average Bonchev–Trinajstić information content (AvgIpc) is 3.22. The van der Waals surface area contributed by atoms with Gasteiger partial charge >= 0.3 is 0 Å². The number of benzene rings is 2. The summed E-state index contributed by atoms with van der Waals surface area (Å²) in [6, 6.07) is 16.7. The van der Waals surface area contributed by atoms with Crippen LogP contribution >= 0.6 is 23.1 Å². The second kappa shape index (κ2) is 9.48. The molecule has 0 bridgehead atoms. The molecule has 2 N–H and O–H groups in total. The van der Waals surface area contributed by atoms with Crippen molar-refractivity contribution in [1.29, 1.82) is 0 Å². The molecule has 4 nitrogen and oxygen atoms in total. The molecule has 0 spiro atoms. The lowest BCUT2D eigenvalue weighted by Crippen LogP contribution is -2.21. The van der Waals surface area contributed by atoms with Gasteiger partial charge in [0.05, 0.1) is 10.6 Å². The Labute approximate surface area is 169 Å². The lowest BCUT2D eigenvalue weighted by molar-refractivity contribution is 0.0953. The van der Waals surface area contributed by atoms with Gasteiger partial charge in [-0.25, -0.2) is 0 Å². The molecule has 1 heterocycles. The fourth-order valence-electron chi connectivity index (χ4n) is 2.41. The summed E-state index contributed by atoms with van der Waals surface area (Å²) < 4.78 is 25.3. The number of nitrogens with one attached hydrogen (secondary N) is 2. The minimum atomic E-state index is -2.57. The van der Waals surface area contributed by atoms with Crippen LogP contribution in [0.4, 0.5) is 14.5 Å². The fourth-order valence-corrected chi connectivity index (χ4v) is 3.65. The van der Waals surface area contributed by atoms with Gasteiger partial charge in [-0.15, -0.1) is 11.3 Å². The second-order valence-corrected chi connectivity index (χ2v) is 7.67. The van der Waals surface area contributed by atoms with Crippen molar-refractivity contribution in [3.63, 3.8) is 0 Å². The van der Waals surface area contributed by atoms with E-state index < -0.39 is 11.7 Å². The van der Waals surface area contributed by atoms with E-state index in [-0.39, 0.29) is 5.91 Å². The van der Waals surface area contributed by atoms with Crippen LogP contribution in [0.15, 0.2) is 70.9 Å². The summed E-state index contributed by atoms with van der Waals surface area (Å²) in [7, 11) is 0. The van der Waals surface area contributed by atoms with Crippen molar-refractivity contribution in [2.24, 2.45) is 0 Å². The molecule has 0 fully saturated rings. The third kappa shape index (κ3) is 5.40. The summed E-state index contributed by atoms with van der Waals surface area (Å²) in [6.45, 7) is 0.340. The summed E-state index contributed by atoms with van der Waals surface area (Å²) in [6.07, 6.45) is 0. The smallest absolute Gasteiger partial charge is 0.288 e. The standard InChI is InChI=1S/C20H16F2N2O2S2/c21-20(22)28-16-5-2-1-4-15(16)24-18(25)14-9-7-13(8-10-14)12-23-19(26)17-6-3-11-27-17/h1-11,20H,12H2,(H,23,26)(H,24,25). The Kier molecular flexibility index (Phi) is 6.78. The maximum absolute atomic E-state index is 12.6. The van der Waals surface area contributed by atoms with Crippen LogP contribution in [0.1, 0.15) is 25.6 Å². The van der Waals surface area contributed by atoms with Crippen LogP contribution in [0.3, 0.4) is 0 Å². The zero-order chi connectivity index (χ0) is 19.9. The molecule has 0 atom stereocenters. The minimum Gasteiger partial charge on any atom is -0.347 e. The van der Waals surface area contributed by atoms with Crippen LogP contribution in [-0.2, 0) is 6.54 Å². The number of carbonyl (C=O) groups excluding carboxylic acids is 2. The number of anilines is 1. The molecule has 3 aromatic rings. The Morgan fingerprint density at radius 3 is 2.39 bits per heavy atom. The summed E-state index contributed by atoms with van der Waals surface area (Å²) >= 11 is 1.75. The van der Waals surface area contributed by atoms with Crippen molar-refractivity contribution in [3.05, 3.63) is 82.0 Å². The Morgan fingerprint density at radius 1 is 0.964 bits per heavy atom. The molecule has 3 rings (SSSR count). The highest BCUT2D eigenvalue weighted by molar-refractivity contribution is 7.99. The molecule has 0 unspecified atom stereocenters. The molecule has 0 saturated heterocycles. The predicted molar refractivity (Wildman–Crippen MR) is 108 cm³/mol. The number of carbonyl (C=O) groups is 2. The summed E-state index contributed by atoms with van der Waals surface area (Å²) in [5.41, 5.74) is 1.57. The van der Waals surface area contributed by atoms with Crippen molar-refractivity contribution < 1.29 is 18.4 Å². The van der Waals surface area contributed by atoms with Gasteiger partial charge in [0, 0.05) is 17.0 Å². The van der Waals surface area contributed by atoms with E-state index >= 15 is 0 Å². The SMILES string of the molecule is O=C(Nc1ccccc1SC(F)F)c1ccc(CNC(=O)c2cccs2)cc1. The molecule has 8 heteroatoms. The number of halogens is 2. The first-order valence-electron chi connectivity index (χ1n) is 8.29. The van der Waals surface area contributed by atoms with Gasteiger partial charge in [-0.05, 0) is 41.3 Å². The van der Waals surface area contributed by atoms with E-state index in [0.717, 1.165) is 5.56 Å². The number of thiophene rings is 1. The van der Waals surface area contributed by atoms with E-state index in [0.29, 0.717) is 39.3 Å². The first-order chi connectivity index (χ1) is 13.5. The van der Waals surface area contributed by atoms with Crippen molar-refractivity contribution in [2.45, 2.75) is 17.2 Å². The maximum atomic E-state index is 12.6. The van der Waals surface area contributed by atoms with Gasteiger partial charge in [0.1, 0.15) is 0 Å². The molecule has 0 saturated carbocycles. The molecule has 28 heavy (non-hydrogen) atoms. The monoisotopic (exact) mass is 418 g/mol. The van der Waals surface area contributed by atoms with Crippen LogP contribution in [0.25, 0.3) is 0 Å². The molecular weight excluding hydrogens is 402 g/mol. The van der Waals surface area contributed by atoms with Gasteiger partial charge in [0.2, 0.25) is 0 Å². The van der Waals surface area contributed by atoms with Crippen molar-refractivity contribution in [1.82, 2.24) is 5.32 Å². The summed E-state index contributed by atoms with van der Waals surface area (Å²) in [4.78, 5) is 25.3. The van der Waals surface area contributed by atoms with Gasteiger partial charge in [-0.1, -0.05) is 42.1 Å². The van der Waals surface area contributed by atoms with E-state index in [4.69, 9.17) is 0 Å². The van der Waals surface area contributed by atoms with Gasteiger partial charge in [-0.3, -0.25) is 9.59 Å². The van der Waals surface area contributed by atoms with Crippen molar-refractivity contribution in [2.75, 3.05) is 5.32 Å². The lowest BCUT2D eigenvalue weighted by atomic mass is 10.1. The quantitative estimate of drug-likeness (QED) is 0.516. The van der Waals surface area contributed by atoms with Crippen molar-refractivity contribution in [3.8, 4) is 0 Å². The van der Waals surface area contributed by atoms with Gasteiger partial charge in [-0.2, -0.15) is 8.78 Å². The fraction of sp³-hybridized carbons (Fsp3) is 0.100. The highest BCUT2D eigenvalue weighted by Gasteiger charge is 2.13. The number of hydrogen-bond donors (Lipinski definition) is 2. The van der Waals surface area contributed by atoms with Gasteiger partial charge in [0.15, 0.2) is 0 Å². The number of alkyl halides is 2. The van der Waals surface area contributed by atoms with Crippen LogP contribution in [0, 0.1) is 0 Å².